The molecule has 1 saturated heterocycles. The van der Waals surface area contributed by atoms with Crippen molar-refractivity contribution in [1.82, 2.24) is 10.2 Å². The van der Waals surface area contributed by atoms with Crippen LogP contribution in [0.15, 0.2) is 0 Å². The second kappa shape index (κ2) is 8.51. The lowest BCUT2D eigenvalue weighted by Crippen LogP contribution is -2.53. The molecule has 0 aromatic rings. The van der Waals surface area contributed by atoms with Gasteiger partial charge in [0.2, 0.25) is 0 Å². The second-order valence-electron chi connectivity index (χ2n) is 5.40. The number of aliphatic hydroxyl groups excluding tert-OH is 1. The third-order valence-corrected chi connectivity index (χ3v) is 4.00. The van der Waals surface area contributed by atoms with Gasteiger partial charge < -0.3 is 15.2 Å². The van der Waals surface area contributed by atoms with Crippen LogP contribution in [-0.4, -0.2) is 61.4 Å². The van der Waals surface area contributed by atoms with Gasteiger partial charge in [0, 0.05) is 31.8 Å². The van der Waals surface area contributed by atoms with Gasteiger partial charge in [-0.3, -0.25) is 9.69 Å². The highest BCUT2D eigenvalue weighted by Crippen LogP contribution is 2.21. The largest absolute Gasteiger partial charge is 0.469 e. The summed E-state index contributed by atoms with van der Waals surface area (Å²) in [7, 11) is 1.46. The number of likely N-dealkylation sites (tertiary alicyclic amines) is 1. The number of hydrogen-bond donors (Lipinski definition) is 2. The van der Waals surface area contributed by atoms with Crippen molar-refractivity contribution in [1.29, 1.82) is 0 Å². The van der Waals surface area contributed by atoms with Crippen LogP contribution < -0.4 is 5.32 Å². The van der Waals surface area contributed by atoms with E-state index in [0.29, 0.717) is 12.1 Å². The van der Waals surface area contributed by atoms with E-state index in [1.54, 1.807) is 0 Å². The number of carbonyl (C=O) groups is 1. The Kier molecular flexibility index (Phi) is 7.34. The topological polar surface area (TPSA) is 61.8 Å². The number of rotatable bonds is 7. The predicted octanol–water partition coefficient (Wildman–Crippen LogP) is 0.620. The first-order valence-electron chi connectivity index (χ1n) is 7.28. The maximum absolute atomic E-state index is 11.8. The fourth-order valence-electron chi connectivity index (χ4n) is 2.62. The number of carbonyl (C=O) groups excluding carboxylic acids is 1. The molecule has 0 radical (unpaired) electrons. The highest BCUT2D eigenvalue weighted by Gasteiger charge is 2.33. The van der Waals surface area contributed by atoms with Gasteiger partial charge in [0.05, 0.1) is 13.0 Å². The molecule has 112 valence electrons. The zero-order valence-corrected chi connectivity index (χ0v) is 12.4. The van der Waals surface area contributed by atoms with Crippen LogP contribution in [-0.2, 0) is 9.53 Å². The maximum Gasteiger partial charge on any atom is 0.310 e. The quantitative estimate of drug-likeness (QED) is 0.525. The van der Waals surface area contributed by atoms with E-state index < -0.39 is 0 Å². The number of esters is 1. The van der Waals surface area contributed by atoms with Gasteiger partial charge in [-0.05, 0) is 32.7 Å². The van der Waals surface area contributed by atoms with Crippen LogP contribution in [0.25, 0.3) is 0 Å². The van der Waals surface area contributed by atoms with E-state index in [0.717, 1.165) is 38.9 Å². The molecule has 0 aromatic carbocycles. The van der Waals surface area contributed by atoms with Gasteiger partial charge in [0.1, 0.15) is 0 Å². The summed E-state index contributed by atoms with van der Waals surface area (Å²) in [4.78, 5) is 14.1. The summed E-state index contributed by atoms with van der Waals surface area (Å²) in [6.07, 6.45) is 2.66. The number of hydrogen-bond acceptors (Lipinski definition) is 5. The molecule has 5 nitrogen and oxygen atoms in total. The van der Waals surface area contributed by atoms with Crippen molar-refractivity contribution in [2.45, 2.75) is 45.2 Å². The van der Waals surface area contributed by atoms with Crippen molar-refractivity contribution in [2.24, 2.45) is 5.92 Å². The van der Waals surface area contributed by atoms with E-state index >= 15 is 0 Å². The summed E-state index contributed by atoms with van der Waals surface area (Å²) in [5, 5.41) is 12.3. The molecule has 1 fully saturated rings. The van der Waals surface area contributed by atoms with Crippen LogP contribution in [0.4, 0.5) is 0 Å². The number of nitrogens with one attached hydrogen (secondary N) is 1. The first kappa shape index (κ1) is 16.4. The summed E-state index contributed by atoms with van der Waals surface area (Å²) in [5.41, 5.74) is 0. The van der Waals surface area contributed by atoms with Crippen molar-refractivity contribution in [3.05, 3.63) is 0 Å². The molecule has 2 N–H and O–H groups in total. The number of nitrogens with zero attached hydrogens (tertiary/aromatic N) is 1. The van der Waals surface area contributed by atoms with Gasteiger partial charge in [0.25, 0.3) is 0 Å². The Morgan fingerprint density at radius 3 is 2.84 bits per heavy atom. The molecule has 0 spiro atoms. The normalized spacial score (nSPS) is 26.1. The van der Waals surface area contributed by atoms with Crippen molar-refractivity contribution in [3.63, 3.8) is 0 Å². The van der Waals surface area contributed by atoms with Gasteiger partial charge in [-0.15, -0.1) is 0 Å². The Morgan fingerprint density at radius 2 is 2.26 bits per heavy atom. The molecule has 19 heavy (non-hydrogen) atoms. The lowest BCUT2D eigenvalue weighted by atomic mass is 9.92. The summed E-state index contributed by atoms with van der Waals surface area (Å²) in [6, 6.07) is 0.785. The van der Waals surface area contributed by atoms with Crippen LogP contribution in [0, 0.1) is 5.92 Å². The SMILES string of the molecule is CCC(C)N1CC(NCCCO)CC(C(=O)OC)C1. The van der Waals surface area contributed by atoms with Gasteiger partial charge in [0.15, 0.2) is 0 Å². The van der Waals surface area contributed by atoms with Crippen LogP contribution in [0.2, 0.25) is 0 Å². The van der Waals surface area contributed by atoms with Crippen molar-refractivity contribution < 1.29 is 14.6 Å². The third-order valence-electron chi connectivity index (χ3n) is 4.00. The average Bonchev–Trinajstić information content (AvgIpc) is 2.45. The minimum Gasteiger partial charge on any atom is -0.469 e. The summed E-state index contributed by atoms with van der Waals surface area (Å²) >= 11 is 0. The zero-order chi connectivity index (χ0) is 14.3. The van der Waals surface area contributed by atoms with E-state index in [4.69, 9.17) is 9.84 Å². The van der Waals surface area contributed by atoms with Gasteiger partial charge >= 0.3 is 5.97 Å². The summed E-state index contributed by atoms with van der Waals surface area (Å²) in [6.45, 7) is 7.12. The van der Waals surface area contributed by atoms with E-state index in [1.165, 1.54) is 7.11 Å². The Balaban J connectivity index is 2.58. The van der Waals surface area contributed by atoms with E-state index in [1.807, 2.05) is 0 Å². The molecule has 0 bridgehead atoms. The molecule has 3 atom stereocenters. The predicted molar refractivity (Wildman–Crippen MR) is 74.9 cm³/mol. The number of aliphatic hydroxyl groups is 1. The number of ether oxygens (including phenoxy) is 1. The molecular weight excluding hydrogens is 244 g/mol. The van der Waals surface area contributed by atoms with Crippen molar-refractivity contribution in [2.75, 3.05) is 33.4 Å². The first-order valence-corrected chi connectivity index (χ1v) is 7.28. The average molecular weight is 272 g/mol. The molecule has 0 aromatic heterocycles. The smallest absolute Gasteiger partial charge is 0.310 e. The molecule has 1 rings (SSSR count). The maximum atomic E-state index is 11.8. The standard InChI is InChI=1S/C14H28N2O3/c1-4-11(2)16-9-12(14(18)19-3)8-13(10-16)15-6-5-7-17/h11-13,15,17H,4-10H2,1-3H3. The van der Waals surface area contributed by atoms with E-state index in [2.05, 4.69) is 24.1 Å². The minimum atomic E-state index is -0.109. The Hall–Kier alpha value is -0.650. The van der Waals surface area contributed by atoms with E-state index in [-0.39, 0.29) is 18.5 Å². The monoisotopic (exact) mass is 272 g/mol. The Bertz CT molecular complexity index is 273. The minimum absolute atomic E-state index is 0.0422. The lowest BCUT2D eigenvalue weighted by molar-refractivity contribution is -0.148. The van der Waals surface area contributed by atoms with Crippen molar-refractivity contribution in [3.8, 4) is 0 Å². The molecule has 1 aliphatic rings. The van der Waals surface area contributed by atoms with Gasteiger partial charge in [-0.1, -0.05) is 6.92 Å². The molecule has 1 aliphatic heterocycles. The fraction of sp³-hybridized carbons (Fsp3) is 0.929. The second-order valence-corrected chi connectivity index (χ2v) is 5.40. The summed E-state index contributed by atoms with van der Waals surface area (Å²) < 4.78 is 4.89. The highest BCUT2D eigenvalue weighted by atomic mass is 16.5. The molecule has 1 heterocycles. The highest BCUT2D eigenvalue weighted by molar-refractivity contribution is 5.72. The molecule has 0 amide bonds. The van der Waals surface area contributed by atoms with Crippen LogP contribution in [0.3, 0.4) is 0 Å². The lowest BCUT2D eigenvalue weighted by Gasteiger charge is -2.40. The Labute approximate surface area is 116 Å². The number of methoxy groups -OCH3 is 1. The van der Waals surface area contributed by atoms with Crippen LogP contribution in [0.5, 0.6) is 0 Å². The third kappa shape index (κ3) is 5.09. The molecular formula is C14H28N2O3. The van der Waals surface area contributed by atoms with Gasteiger partial charge in [-0.2, -0.15) is 0 Å². The molecule has 5 heteroatoms. The zero-order valence-electron chi connectivity index (χ0n) is 12.4. The first-order chi connectivity index (χ1) is 9.12. The molecule has 0 aliphatic carbocycles. The van der Waals surface area contributed by atoms with Crippen LogP contribution >= 0.6 is 0 Å². The molecule has 3 unspecified atom stereocenters. The van der Waals surface area contributed by atoms with Gasteiger partial charge in [-0.25, -0.2) is 0 Å². The Morgan fingerprint density at radius 1 is 1.53 bits per heavy atom. The van der Waals surface area contributed by atoms with E-state index in [9.17, 15) is 4.79 Å². The summed E-state index contributed by atoms with van der Waals surface area (Å²) in [5.74, 6) is -0.152. The molecule has 0 saturated carbocycles. The number of piperidine rings is 1. The van der Waals surface area contributed by atoms with Crippen LogP contribution in [0.1, 0.15) is 33.1 Å². The fourth-order valence-corrected chi connectivity index (χ4v) is 2.62. The van der Waals surface area contributed by atoms with Crippen molar-refractivity contribution >= 4 is 5.97 Å².